The van der Waals surface area contributed by atoms with Crippen LogP contribution in [0.3, 0.4) is 0 Å². The predicted octanol–water partition coefficient (Wildman–Crippen LogP) is -0.154. The third-order valence-electron chi connectivity index (χ3n) is 3.30. The molecule has 0 radical (unpaired) electrons. The summed E-state index contributed by atoms with van der Waals surface area (Å²) in [7, 11) is 0. The molecule has 0 unspecified atom stereocenters. The van der Waals surface area contributed by atoms with Crippen LogP contribution in [0.25, 0.3) is 0 Å². The molecule has 21 heavy (non-hydrogen) atoms. The molecule has 1 aromatic rings. The summed E-state index contributed by atoms with van der Waals surface area (Å²) in [4.78, 5) is 34.6. The van der Waals surface area contributed by atoms with Crippen LogP contribution in [-0.4, -0.2) is 69.5 Å². The second kappa shape index (κ2) is 6.76. The molecule has 0 saturated carbocycles. The van der Waals surface area contributed by atoms with Crippen molar-refractivity contribution in [1.82, 2.24) is 19.8 Å². The van der Waals surface area contributed by atoms with E-state index in [-0.39, 0.29) is 11.4 Å². The minimum atomic E-state index is -1.26. The van der Waals surface area contributed by atoms with E-state index in [1.807, 2.05) is 0 Å². The molecule has 0 aliphatic carbocycles. The predicted molar refractivity (Wildman–Crippen MR) is 71.6 cm³/mol. The van der Waals surface area contributed by atoms with Crippen molar-refractivity contribution in [3.63, 3.8) is 0 Å². The Balaban J connectivity index is 2.03. The highest BCUT2D eigenvalue weighted by Crippen LogP contribution is 2.10. The lowest BCUT2D eigenvalue weighted by Gasteiger charge is -2.34. The Morgan fingerprint density at radius 2 is 1.81 bits per heavy atom. The largest absolute Gasteiger partial charge is 0.476 e. The highest BCUT2D eigenvalue weighted by molar-refractivity contribution is 6.01. The standard InChI is InChI=1S/C13H15N5O3/c14-2-1-5-17-6-8-18(9-7-17)12(19)10-11(13(20)21)16-4-3-15-10/h3-4H,1,5-9H2,(H,20,21). The van der Waals surface area contributed by atoms with Crippen molar-refractivity contribution in [2.75, 3.05) is 32.7 Å². The quantitative estimate of drug-likeness (QED) is 0.820. The van der Waals surface area contributed by atoms with Crippen LogP contribution >= 0.6 is 0 Å². The number of hydrogen-bond acceptors (Lipinski definition) is 6. The number of nitriles is 1. The minimum absolute atomic E-state index is 0.129. The van der Waals surface area contributed by atoms with Crippen LogP contribution in [0.4, 0.5) is 0 Å². The zero-order valence-electron chi connectivity index (χ0n) is 11.4. The van der Waals surface area contributed by atoms with Gasteiger partial charge < -0.3 is 10.0 Å². The first kappa shape index (κ1) is 14.9. The molecule has 0 bridgehead atoms. The lowest BCUT2D eigenvalue weighted by Crippen LogP contribution is -2.49. The summed E-state index contributed by atoms with van der Waals surface area (Å²) < 4.78 is 0. The summed E-state index contributed by atoms with van der Waals surface area (Å²) >= 11 is 0. The average molecular weight is 289 g/mol. The van der Waals surface area contributed by atoms with Gasteiger partial charge in [-0.2, -0.15) is 5.26 Å². The summed E-state index contributed by atoms with van der Waals surface area (Å²) in [5.74, 6) is -1.68. The van der Waals surface area contributed by atoms with E-state index in [4.69, 9.17) is 10.4 Å². The van der Waals surface area contributed by atoms with Gasteiger partial charge in [0.2, 0.25) is 0 Å². The molecule has 1 aliphatic rings. The molecule has 1 aromatic heterocycles. The molecule has 0 aromatic carbocycles. The molecule has 8 heteroatoms. The Labute approximate surface area is 121 Å². The van der Waals surface area contributed by atoms with E-state index >= 15 is 0 Å². The van der Waals surface area contributed by atoms with E-state index in [0.29, 0.717) is 39.1 Å². The van der Waals surface area contributed by atoms with Gasteiger partial charge in [-0.1, -0.05) is 0 Å². The Morgan fingerprint density at radius 3 is 2.38 bits per heavy atom. The lowest BCUT2D eigenvalue weighted by molar-refractivity contribution is 0.0608. The third kappa shape index (κ3) is 3.52. The number of carboxylic acids is 1. The van der Waals surface area contributed by atoms with Crippen LogP contribution in [0.2, 0.25) is 0 Å². The number of carbonyl (C=O) groups is 2. The average Bonchev–Trinajstić information content (AvgIpc) is 2.52. The van der Waals surface area contributed by atoms with E-state index in [9.17, 15) is 9.59 Å². The SMILES string of the molecule is N#CCCN1CCN(C(=O)c2nccnc2C(=O)O)CC1. The molecule has 1 amide bonds. The van der Waals surface area contributed by atoms with Crippen LogP contribution in [0.1, 0.15) is 27.4 Å². The normalized spacial score (nSPS) is 15.5. The van der Waals surface area contributed by atoms with Gasteiger partial charge >= 0.3 is 5.97 Å². The van der Waals surface area contributed by atoms with E-state index < -0.39 is 11.9 Å². The molecule has 110 valence electrons. The van der Waals surface area contributed by atoms with Crippen molar-refractivity contribution in [3.05, 3.63) is 23.8 Å². The van der Waals surface area contributed by atoms with Gasteiger partial charge in [-0.05, 0) is 0 Å². The van der Waals surface area contributed by atoms with Crippen molar-refractivity contribution in [3.8, 4) is 6.07 Å². The molecule has 2 rings (SSSR count). The van der Waals surface area contributed by atoms with Crippen molar-refractivity contribution >= 4 is 11.9 Å². The van der Waals surface area contributed by atoms with Crippen molar-refractivity contribution in [2.24, 2.45) is 0 Å². The van der Waals surface area contributed by atoms with E-state index in [1.165, 1.54) is 12.4 Å². The highest BCUT2D eigenvalue weighted by atomic mass is 16.4. The fourth-order valence-corrected chi connectivity index (χ4v) is 2.18. The second-order valence-corrected chi connectivity index (χ2v) is 4.60. The highest BCUT2D eigenvalue weighted by Gasteiger charge is 2.27. The molecule has 2 heterocycles. The molecule has 0 spiro atoms. The maximum Gasteiger partial charge on any atom is 0.356 e. The number of aromatic nitrogens is 2. The summed E-state index contributed by atoms with van der Waals surface area (Å²) in [6, 6.07) is 2.09. The molecule has 0 atom stereocenters. The number of hydrogen-bond donors (Lipinski definition) is 1. The van der Waals surface area contributed by atoms with Crippen LogP contribution in [-0.2, 0) is 0 Å². The first-order valence-electron chi connectivity index (χ1n) is 6.56. The van der Waals surface area contributed by atoms with Gasteiger partial charge in [0.25, 0.3) is 5.91 Å². The van der Waals surface area contributed by atoms with Gasteiger partial charge in [-0.25, -0.2) is 14.8 Å². The molecule has 1 aliphatic heterocycles. The summed E-state index contributed by atoms with van der Waals surface area (Å²) in [5, 5.41) is 17.6. The van der Waals surface area contributed by atoms with Crippen molar-refractivity contribution in [2.45, 2.75) is 6.42 Å². The van der Waals surface area contributed by atoms with Crippen molar-refractivity contribution < 1.29 is 14.7 Å². The first-order chi connectivity index (χ1) is 10.1. The minimum Gasteiger partial charge on any atom is -0.476 e. The lowest BCUT2D eigenvalue weighted by atomic mass is 10.2. The number of aromatic carboxylic acids is 1. The van der Waals surface area contributed by atoms with Gasteiger partial charge in [0.05, 0.1) is 6.07 Å². The van der Waals surface area contributed by atoms with Crippen LogP contribution < -0.4 is 0 Å². The summed E-state index contributed by atoms with van der Waals surface area (Å²) in [6.07, 6.45) is 3.02. The zero-order valence-corrected chi connectivity index (χ0v) is 11.4. The molecule has 1 saturated heterocycles. The van der Waals surface area contributed by atoms with E-state index in [0.717, 1.165) is 0 Å². The molecular weight excluding hydrogens is 274 g/mol. The van der Waals surface area contributed by atoms with Crippen LogP contribution in [0.15, 0.2) is 12.4 Å². The van der Waals surface area contributed by atoms with Gasteiger partial charge in [0.15, 0.2) is 11.4 Å². The molecule has 1 N–H and O–H groups in total. The number of nitrogens with zero attached hydrogens (tertiary/aromatic N) is 5. The fourth-order valence-electron chi connectivity index (χ4n) is 2.18. The second-order valence-electron chi connectivity index (χ2n) is 4.60. The van der Waals surface area contributed by atoms with Crippen LogP contribution in [0.5, 0.6) is 0 Å². The maximum absolute atomic E-state index is 12.3. The monoisotopic (exact) mass is 289 g/mol. The molecular formula is C13H15N5O3. The van der Waals surface area contributed by atoms with Gasteiger partial charge in [0.1, 0.15) is 0 Å². The zero-order chi connectivity index (χ0) is 15.2. The fraction of sp³-hybridized carbons (Fsp3) is 0.462. The van der Waals surface area contributed by atoms with Gasteiger partial charge in [-0.15, -0.1) is 0 Å². The van der Waals surface area contributed by atoms with Crippen molar-refractivity contribution in [1.29, 1.82) is 5.26 Å². The molecule has 1 fully saturated rings. The Morgan fingerprint density at radius 1 is 1.19 bits per heavy atom. The Kier molecular flexibility index (Phi) is 4.79. The number of carboxylic acid groups (broad SMARTS) is 1. The number of piperazine rings is 1. The smallest absolute Gasteiger partial charge is 0.356 e. The first-order valence-corrected chi connectivity index (χ1v) is 6.56. The van der Waals surface area contributed by atoms with Gasteiger partial charge in [0, 0.05) is 51.5 Å². The molecule has 8 nitrogen and oxygen atoms in total. The number of carbonyl (C=O) groups excluding carboxylic acids is 1. The van der Waals surface area contributed by atoms with Crippen LogP contribution in [0, 0.1) is 11.3 Å². The summed E-state index contributed by atoms with van der Waals surface area (Å²) in [6.45, 7) is 2.98. The van der Waals surface area contributed by atoms with E-state index in [2.05, 4.69) is 20.9 Å². The Bertz CT molecular complexity index is 575. The summed E-state index contributed by atoms with van der Waals surface area (Å²) in [5.41, 5.74) is -0.454. The number of amides is 1. The maximum atomic E-state index is 12.3. The number of rotatable bonds is 4. The van der Waals surface area contributed by atoms with Gasteiger partial charge in [-0.3, -0.25) is 9.69 Å². The Hall–Kier alpha value is -2.53. The topological polar surface area (TPSA) is 110 Å². The van der Waals surface area contributed by atoms with E-state index in [1.54, 1.807) is 4.90 Å². The third-order valence-corrected chi connectivity index (χ3v) is 3.30.